The largest absolute Gasteiger partial charge is 0.322 e. The average Bonchev–Trinajstić information content (AvgIpc) is 2.29. The fourth-order valence-electron chi connectivity index (χ4n) is 1.72. The van der Waals surface area contributed by atoms with Gasteiger partial charge in [0, 0.05) is 5.54 Å². The van der Waals surface area contributed by atoms with Gasteiger partial charge in [-0.1, -0.05) is 54.6 Å². The molecular formula is C15H18ClN. The third kappa shape index (κ3) is 3.32. The lowest BCUT2D eigenvalue weighted by Gasteiger charge is -2.19. The molecule has 0 heterocycles. The van der Waals surface area contributed by atoms with Gasteiger partial charge in [0.25, 0.3) is 0 Å². The van der Waals surface area contributed by atoms with Crippen LogP contribution in [0.5, 0.6) is 0 Å². The minimum absolute atomic E-state index is 0. The van der Waals surface area contributed by atoms with Crippen molar-refractivity contribution in [2.45, 2.75) is 19.4 Å². The first kappa shape index (κ1) is 13.8. The van der Waals surface area contributed by atoms with Crippen molar-refractivity contribution in [3.63, 3.8) is 0 Å². The molecule has 17 heavy (non-hydrogen) atoms. The Labute approximate surface area is 109 Å². The minimum Gasteiger partial charge on any atom is -0.322 e. The number of rotatable bonds is 2. The Morgan fingerprint density at radius 3 is 1.71 bits per heavy atom. The predicted molar refractivity (Wildman–Crippen MR) is 76.3 cm³/mol. The van der Waals surface area contributed by atoms with Gasteiger partial charge < -0.3 is 5.73 Å². The molecule has 0 saturated carbocycles. The summed E-state index contributed by atoms with van der Waals surface area (Å²) in [7, 11) is 0. The molecule has 0 saturated heterocycles. The van der Waals surface area contributed by atoms with Gasteiger partial charge in [0.1, 0.15) is 0 Å². The van der Waals surface area contributed by atoms with E-state index >= 15 is 0 Å². The third-order valence-electron chi connectivity index (χ3n) is 2.74. The Balaban J connectivity index is 0.00000144. The number of benzene rings is 2. The van der Waals surface area contributed by atoms with Crippen LogP contribution >= 0.6 is 12.4 Å². The van der Waals surface area contributed by atoms with Crippen LogP contribution < -0.4 is 5.73 Å². The standard InChI is InChI=1S/C15H17N.ClH/c1-15(2,16)14-10-8-13(9-11-14)12-6-4-3-5-7-12;/h3-11H,16H2,1-2H3;1H. The van der Waals surface area contributed by atoms with Crippen molar-refractivity contribution in [3.05, 3.63) is 60.2 Å². The van der Waals surface area contributed by atoms with E-state index in [1.165, 1.54) is 11.1 Å². The van der Waals surface area contributed by atoms with Gasteiger partial charge in [-0.05, 0) is 30.5 Å². The molecule has 0 amide bonds. The lowest BCUT2D eigenvalue weighted by molar-refractivity contribution is 0.554. The second kappa shape index (κ2) is 5.35. The Kier molecular flexibility index (Phi) is 4.33. The summed E-state index contributed by atoms with van der Waals surface area (Å²) >= 11 is 0. The Bertz CT molecular complexity index is 455. The predicted octanol–water partition coefficient (Wildman–Crippen LogP) is 3.97. The van der Waals surface area contributed by atoms with Crippen LogP contribution in [0.1, 0.15) is 19.4 Å². The molecule has 90 valence electrons. The van der Waals surface area contributed by atoms with Gasteiger partial charge in [-0.15, -0.1) is 12.4 Å². The van der Waals surface area contributed by atoms with Crippen LogP contribution in [0.2, 0.25) is 0 Å². The van der Waals surface area contributed by atoms with E-state index in [0.29, 0.717) is 0 Å². The van der Waals surface area contributed by atoms with Crippen molar-refractivity contribution < 1.29 is 0 Å². The van der Waals surface area contributed by atoms with Crippen LogP contribution in [0.4, 0.5) is 0 Å². The average molecular weight is 248 g/mol. The number of hydrogen-bond donors (Lipinski definition) is 1. The molecule has 0 bridgehead atoms. The first-order chi connectivity index (χ1) is 7.57. The molecule has 0 fully saturated rings. The molecule has 2 rings (SSSR count). The van der Waals surface area contributed by atoms with E-state index in [2.05, 4.69) is 48.5 Å². The summed E-state index contributed by atoms with van der Waals surface area (Å²) in [6.07, 6.45) is 0. The van der Waals surface area contributed by atoms with E-state index < -0.39 is 0 Å². The summed E-state index contributed by atoms with van der Waals surface area (Å²) in [4.78, 5) is 0. The quantitative estimate of drug-likeness (QED) is 0.854. The summed E-state index contributed by atoms with van der Waals surface area (Å²) in [6.45, 7) is 4.04. The van der Waals surface area contributed by atoms with Crippen LogP contribution in [0.3, 0.4) is 0 Å². The van der Waals surface area contributed by atoms with Crippen molar-refractivity contribution in [1.82, 2.24) is 0 Å². The van der Waals surface area contributed by atoms with Crippen LogP contribution in [-0.4, -0.2) is 0 Å². The molecule has 0 unspecified atom stereocenters. The van der Waals surface area contributed by atoms with E-state index in [1.54, 1.807) is 0 Å². The monoisotopic (exact) mass is 247 g/mol. The second-order valence-corrected chi connectivity index (χ2v) is 4.67. The highest BCUT2D eigenvalue weighted by atomic mass is 35.5. The van der Waals surface area contributed by atoms with Crippen molar-refractivity contribution in [3.8, 4) is 11.1 Å². The van der Waals surface area contributed by atoms with Crippen LogP contribution in [0, 0.1) is 0 Å². The third-order valence-corrected chi connectivity index (χ3v) is 2.74. The van der Waals surface area contributed by atoms with Gasteiger partial charge in [0.2, 0.25) is 0 Å². The summed E-state index contributed by atoms with van der Waals surface area (Å²) in [5.74, 6) is 0. The number of halogens is 1. The van der Waals surface area contributed by atoms with Gasteiger partial charge in [-0.2, -0.15) is 0 Å². The van der Waals surface area contributed by atoms with Gasteiger partial charge in [-0.25, -0.2) is 0 Å². The maximum Gasteiger partial charge on any atom is 0.0352 e. The molecule has 0 radical (unpaired) electrons. The van der Waals surface area contributed by atoms with Crippen LogP contribution in [0.25, 0.3) is 11.1 Å². The van der Waals surface area contributed by atoms with Gasteiger partial charge in [0.05, 0.1) is 0 Å². The Morgan fingerprint density at radius 1 is 0.765 bits per heavy atom. The molecule has 2 aromatic carbocycles. The van der Waals surface area contributed by atoms with Gasteiger partial charge >= 0.3 is 0 Å². The molecule has 2 heteroatoms. The van der Waals surface area contributed by atoms with E-state index in [9.17, 15) is 0 Å². The lowest BCUT2D eigenvalue weighted by atomic mass is 9.93. The Hall–Kier alpha value is -1.31. The highest BCUT2D eigenvalue weighted by molar-refractivity contribution is 5.85. The molecule has 0 aromatic heterocycles. The maximum atomic E-state index is 6.05. The highest BCUT2D eigenvalue weighted by Gasteiger charge is 2.13. The zero-order chi connectivity index (χ0) is 11.6. The molecule has 1 nitrogen and oxygen atoms in total. The van der Waals surface area contributed by atoms with Crippen molar-refractivity contribution in [2.24, 2.45) is 5.73 Å². The van der Waals surface area contributed by atoms with Crippen molar-refractivity contribution in [1.29, 1.82) is 0 Å². The Morgan fingerprint density at radius 2 is 1.24 bits per heavy atom. The lowest BCUT2D eigenvalue weighted by Crippen LogP contribution is -2.28. The normalized spacial score (nSPS) is 10.8. The summed E-state index contributed by atoms with van der Waals surface area (Å²) in [5.41, 5.74) is 9.41. The van der Waals surface area contributed by atoms with Gasteiger partial charge in [0.15, 0.2) is 0 Å². The molecule has 0 aliphatic rings. The molecule has 0 spiro atoms. The smallest absolute Gasteiger partial charge is 0.0352 e. The zero-order valence-corrected chi connectivity index (χ0v) is 11.0. The molecule has 0 aliphatic heterocycles. The fraction of sp³-hybridized carbons (Fsp3) is 0.200. The fourth-order valence-corrected chi connectivity index (χ4v) is 1.72. The molecule has 2 N–H and O–H groups in total. The van der Waals surface area contributed by atoms with Gasteiger partial charge in [-0.3, -0.25) is 0 Å². The summed E-state index contributed by atoms with van der Waals surface area (Å²) < 4.78 is 0. The molecule has 2 aromatic rings. The minimum atomic E-state index is -0.269. The van der Waals surface area contributed by atoms with Crippen LogP contribution in [0.15, 0.2) is 54.6 Å². The summed E-state index contributed by atoms with van der Waals surface area (Å²) in [5, 5.41) is 0. The van der Waals surface area contributed by atoms with Crippen molar-refractivity contribution >= 4 is 12.4 Å². The molecule has 0 aliphatic carbocycles. The van der Waals surface area contributed by atoms with Crippen molar-refractivity contribution in [2.75, 3.05) is 0 Å². The van der Waals surface area contributed by atoms with Crippen LogP contribution in [-0.2, 0) is 5.54 Å². The molecular weight excluding hydrogens is 230 g/mol. The topological polar surface area (TPSA) is 26.0 Å². The first-order valence-electron chi connectivity index (χ1n) is 5.52. The zero-order valence-electron chi connectivity index (χ0n) is 10.2. The van der Waals surface area contributed by atoms with E-state index in [-0.39, 0.29) is 17.9 Å². The maximum absolute atomic E-state index is 6.05. The second-order valence-electron chi connectivity index (χ2n) is 4.67. The molecule has 0 atom stereocenters. The van der Waals surface area contributed by atoms with E-state index in [1.807, 2.05) is 19.9 Å². The van der Waals surface area contributed by atoms with E-state index in [4.69, 9.17) is 5.73 Å². The highest BCUT2D eigenvalue weighted by Crippen LogP contribution is 2.23. The number of hydrogen-bond acceptors (Lipinski definition) is 1. The number of nitrogens with two attached hydrogens (primary N) is 1. The SMILES string of the molecule is CC(C)(N)c1ccc(-c2ccccc2)cc1.Cl. The van der Waals surface area contributed by atoms with E-state index in [0.717, 1.165) is 5.56 Å². The summed E-state index contributed by atoms with van der Waals surface area (Å²) in [6, 6.07) is 18.8. The first-order valence-corrected chi connectivity index (χ1v) is 5.52.